The van der Waals surface area contributed by atoms with Crippen molar-refractivity contribution < 1.29 is 0 Å². The molecule has 0 saturated carbocycles. The second-order valence-electron chi connectivity index (χ2n) is 2.75. The highest BCUT2D eigenvalue weighted by Gasteiger charge is 2.12. The molecule has 1 aliphatic carbocycles. The molecule has 0 atom stereocenters. The Morgan fingerprint density at radius 1 is 1.31 bits per heavy atom. The summed E-state index contributed by atoms with van der Waals surface area (Å²) in [5.74, 6) is 0. The van der Waals surface area contributed by atoms with E-state index in [0.717, 1.165) is 16.9 Å². The second-order valence-corrected chi connectivity index (χ2v) is 2.75. The molecule has 0 aromatic carbocycles. The molecular formula is C10H7N3. The van der Waals surface area contributed by atoms with Gasteiger partial charge in [0.15, 0.2) is 0 Å². The largest absolute Gasteiger partial charge is 0.262 e. The van der Waals surface area contributed by atoms with Crippen LogP contribution in [0.15, 0.2) is 45.7 Å². The molecule has 1 aliphatic heterocycles. The van der Waals surface area contributed by atoms with E-state index < -0.39 is 0 Å². The van der Waals surface area contributed by atoms with E-state index >= 15 is 0 Å². The molecule has 3 heteroatoms. The smallest absolute Gasteiger partial charge is 0.0951 e. The number of hydrogen-bond acceptors (Lipinski definition) is 3. The summed E-state index contributed by atoms with van der Waals surface area (Å²) in [6.07, 6.45) is 9.33. The third-order valence-corrected chi connectivity index (χ3v) is 1.90. The molecule has 0 amide bonds. The van der Waals surface area contributed by atoms with Gasteiger partial charge in [-0.15, -0.1) is 0 Å². The highest BCUT2D eigenvalue weighted by molar-refractivity contribution is 6.18. The zero-order valence-corrected chi connectivity index (χ0v) is 6.94. The van der Waals surface area contributed by atoms with Gasteiger partial charge in [-0.25, -0.2) is 0 Å². The van der Waals surface area contributed by atoms with Crippen molar-refractivity contribution in [3.8, 4) is 6.07 Å². The van der Waals surface area contributed by atoms with E-state index in [1.54, 1.807) is 18.6 Å². The molecule has 1 heterocycles. The maximum atomic E-state index is 8.70. The molecular weight excluding hydrogens is 162 g/mol. The average molecular weight is 169 g/mol. The van der Waals surface area contributed by atoms with E-state index in [1.807, 2.05) is 12.2 Å². The number of allylic oxidation sites excluding steroid dienone is 4. The molecule has 0 spiro atoms. The molecule has 0 aromatic heterocycles. The highest BCUT2D eigenvalue weighted by Crippen LogP contribution is 2.16. The summed E-state index contributed by atoms with van der Waals surface area (Å²) in [5, 5.41) is 8.70. The van der Waals surface area contributed by atoms with E-state index in [0.29, 0.717) is 6.42 Å². The van der Waals surface area contributed by atoms with Crippen LogP contribution in [0.4, 0.5) is 0 Å². The molecule has 3 nitrogen and oxygen atoms in total. The van der Waals surface area contributed by atoms with Gasteiger partial charge >= 0.3 is 0 Å². The van der Waals surface area contributed by atoms with Crippen molar-refractivity contribution in [1.82, 2.24) is 0 Å². The normalized spacial score (nSPS) is 19.2. The van der Waals surface area contributed by atoms with Crippen LogP contribution >= 0.6 is 0 Å². The zero-order chi connectivity index (χ0) is 9.10. The van der Waals surface area contributed by atoms with E-state index in [-0.39, 0.29) is 0 Å². The quantitative estimate of drug-likeness (QED) is 0.545. The minimum atomic E-state index is 0.610. The fourth-order valence-electron chi connectivity index (χ4n) is 1.23. The number of nitriles is 1. The van der Waals surface area contributed by atoms with Crippen molar-refractivity contribution in [3.63, 3.8) is 0 Å². The first kappa shape index (κ1) is 7.69. The minimum absolute atomic E-state index is 0.610. The van der Waals surface area contributed by atoms with Gasteiger partial charge in [0.2, 0.25) is 0 Å². The molecule has 0 saturated heterocycles. The predicted octanol–water partition coefficient (Wildman–Crippen LogP) is 1.76. The molecule has 62 valence electrons. The fraction of sp³-hybridized carbons (Fsp3) is 0.100. The number of hydrogen-bond donors (Lipinski definition) is 0. The number of fused-ring (bicyclic) bond motifs is 1. The zero-order valence-electron chi connectivity index (χ0n) is 6.94. The summed E-state index contributed by atoms with van der Waals surface area (Å²) in [7, 11) is 0. The lowest BCUT2D eigenvalue weighted by atomic mass is 9.98. The summed E-state index contributed by atoms with van der Waals surface area (Å²) < 4.78 is 0. The monoisotopic (exact) mass is 169 g/mol. The maximum Gasteiger partial charge on any atom is 0.0951 e. The molecule has 0 radical (unpaired) electrons. The van der Waals surface area contributed by atoms with Crippen LogP contribution < -0.4 is 0 Å². The molecule has 13 heavy (non-hydrogen) atoms. The number of rotatable bonds is 0. The van der Waals surface area contributed by atoms with Crippen molar-refractivity contribution in [2.75, 3.05) is 0 Å². The number of nitrogens with zero attached hydrogens (tertiary/aromatic N) is 3. The van der Waals surface area contributed by atoms with Crippen molar-refractivity contribution in [2.24, 2.45) is 9.98 Å². The van der Waals surface area contributed by atoms with Gasteiger partial charge in [-0.3, -0.25) is 9.98 Å². The van der Waals surface area contributed by atoms with Crippen LogP contribution in [0.5, 0.6) is 0 Å². The van der Waals surface area contributed by atoms with Crippen LogP contribution in [0.3, 0.4) is 0 Å². The summed E-state index contributed by atoms with van der Waals surface area (Å²) >= 11 is 0. The van der Waals surface area contributed by atoms with Gasteiger partial charge in [0.1, 0.15) is 0 Å². The first-order valence-electron chi connectivity index (χ1n) is 3.96. The van der Waals surface area contributed by atoms with Crippen LogP contribution in [0.2, 0.25) is 0 Å². The standard InChI is InChI=1S/C10H7N3/c11-6-8-1-2-9-7-12-3-4-13-10(9)5-8/h1-4,7H,5H2. The van der Waals surface area contributed by atoms with Gasteiger partial charge in [-0.1, -0.05) is 6.08 Å². The Morgan fingerprint density at radius 3 is 3.08 bits per heavy atom. The van der Waals surface area contributed by atoms with Gasteiger partial charge < -0.3 is 0 Å². The van der Waals surface area contributed by atoms with Crippen molar-refractivity contribution in [3.05, 3.63) is 35.7 Å². The summed E-state index contributed by atoms with van der Waals surface area (Å²) in [4.78, 5) is 8.20. The van der Waals surface area contributed by atoms with Crippen LogP contribution in [-0.4, -0.2) is 11.9 Å². The Morgan fingerprint density at radius 2 is 2.23 bits per heavy atom. The van der Waals surface area contributed by atoms with Crippen molar-refractivity contribution in [2.45, 2.75) is 6.42 Å². The fourth-order valence-corrected chi connectivity index (χ4v) is 1.23. The Kier molecular flexibility index (Phi) is 1.89. The molecule has 0 unspecified atom stereocenters. The Balaban J connectivity index is 2.42. The van der Waals surface area contributed by atoms with Crippen molar-refractivity contribution in [1.29, 1.82) is 5.26 Å². The Labute approximate surface area is 76.1 Å². The van der Waals surface area contributed by atoms with Crippen molar-refractivity contribution >= 4 is 11.9 Å². The molecule has 0 N–H and O–H groups in total. The molecule has 2 aliphatic rings. The minimum Gasteiger partial charge on any atom is -0.262 e. The maximum absolute atomic E-state index is 8.70. The topological polar surface area (TPSA) is 48.5 Å². The summed E-state index contributed by atoms with van der Waals surface area (Å²) in [6.45, 7) is 0. The van der Waals surface area contributed by atoms with Gasteiger partial charge in [0, 0.05) is 36.2 Å². The Hall–Kier alpha value is -1.95. The summed E-state index contributed by atoms with van der Waals surface area (Å²) in [5.41, 5.74) is 2.65. The first-order chi connectivity index (χ1) is 6.40. The van der Waals surface area contributed by atoms with Crippen LogP contribution in [-0.2, 0) is 0 Å². The lowest BCUT2D eigenvalue weighted by Crippen LogP contribution is -2.07. The average Bonchev–Trinajstić information content (AvgIpc) is 2.41. The van der Waals surface area contributed by atoms with E-state index in [9.17, 15) is 0 Å². The second kappa shape index (κ2) is 3.20. The number of aliphatic imine (C=N–C) groups is 2. The molecule has 0 fully saturated rings. The van der Waals surface area contributed by atoms with Crippen LogP contribution in [0.1, 0.15) is 6.42 Å². The lowest BCUT2D eigenvalue weighted by molar-refractivity contribution is 1.30. The Bertz CT molecular complexity index is 414. The highest BCUT2D eigenvalue weighted by atomic mass is 14.8. The van der Waals surface area contributed by atoms with Crippen LogP contribution in [0.25, 0.3) is 0 Å². The van der Waals surface area contributed by atoms with Gasteiger partial charge in [0.25, 0.3) is 0 Å². The lowest BCUT2D eigenvalue weighted by Gasteiger charge is -2.08. The van der Waals surface area contributed by atoms with E-state index in [4.69, 9.17) is 5.26 Å². The third kappa shape index (κ3) is 1.47. The molecule has 2 rings (SSSR count). The van der Waals surface area contributed by atoms with Gasteiger partial charge in [-0.05, 0) is 6.08 Å². The van der Waals surface area contributed by atoms with E-state index in [2.05, 4.69) is 16.1 Å². The van der Waals surface area contributed by atoms with Crippen LogP contribution in [0, 0.1) is 11.3 Å². The predicted molar refractivity (Wildman–Crippen MR) is 51.5 cm³/mol. The van der Waals surface area contributed by atoms with E-state index in [1.165, 1.54) is 0 Å². The SMILES string of the molecule is N#CC1=CC=C2C=NC=CN=C2C1. The molecule has 0 aromatic rings. The third-order valence-electron chi connectivity index (χ3n) is 1.90. The first-order valence-corrected chi connectivity index (χ1v) is 3.96. The van der Waals surface area contributed by atoms with Gasteiger partial charge in [0.05, 0.1) is 11.8 Å². The van der Waals surface area contributed by atoms with Gasteiger partial charge in [-0.2, -0.15) is 5.26 Å². The summed E-state index contributed by atoms with van der Waals surface area (Å²) in [6, 6.07) is 2.12. The molecule has 0 bridgehead atoms.